The molecule has 2 heterocycles. The van der Waals surface area contributed by atoms with E-state index >= 15 is 0 Å². The number of ether oxygens (including phenoxy) is 2. The van der Waals surface area contributed by atoms with Crippen molar-refractivity contribution >= 4 is 5.82 Å². The maximum Gasteiger partial charge on any atom is 0.165 e. The van der Waals surface area contributed by atoms with Crippen LogP contribution in [-0.2, 0) is 13.1 Å². The topological polar surface area (TPSA) is 60.3 Å². The molecule has 3 rings (SSSR count). The first kappa shape index (κ1) is 14.7. The molecule has 0 spiro atoms. The molecule has 0 amide bonds. The van der Waals surface area contributed by atoms with Gasteiger partial charge in [-0.1, -0.05) is 12.1 Å². The number of fused-ring (bicyclic) bond motifs is 1. The Labute approximate surface area is 130 Å². The quantitative estimate of drug-likeness (QED) is 0.851. The molecule has 0 bridgehead atoms. The molecule has 2 N–H and O–H groups in total. The number of nitrogens with one attached hydrogen (secondary N) is 2. The molecule has 0 saturated carbocycles. The second-order valence-corrected chi connectivity index (χ2v) is 5.43. The molecular weight excluding hydrogens is 280 g/mol. The molecular formula is C16H22N4O2. The first-order valence-corrected chi connectivity index (χ1v) is 7.48. The van der Waals surface area contributed by atoms with Crippen LogP contribution >= 0.6 is 0 Å². The average Bonchev–Trinajstić information content (AvgIpc) is 3.02. The van der Waals surface area contributed by atoms with Crippen molar-refractivity contribution in [2.24, 2.45) is 5.92 Å². The van der Waals surface area contributed by atoms with E-state index in [9.17, 15) is 0 Å². The van der Waals surface area contributed by atoms with Gasteiger partial charge in [0.2, 0.25) is 0 Å². The molecule has 1 aliphatic rings. The summed E-state index contributed by atoms with van der Waals surface area (Å²) in [6.45, 7) is 3.58. The maximum absolute atomic E-state index is 5.45. The van der Waals surface area contributed by atoms with Crippen molar-refractivity contribution in [2.75, 3.05) is 32.6 Å². The molecule has 0 aliphatic carbocycles. The van der Waals surface area contributed by atoms with Crippen LogP contribution in [0.4, 0.5) is 5.82 Å². The van der Waals surface area contributed by atoms with E-state index in [-0.39, 0.29) is 0 Å². The predicted octanol–water partition coefficient (Wildman–Crippen LogP) is 1.73. The van der Waals surface area contributed by atoms with Gasteiger partial charge in [-0.15, -0.1) is 0 Å². The number of anilines is 1. The molecule has 6 nitrogen and oxygen atoms in total. The number of hydrogen-bond donors (Lipinski definition) is 2. The molecule has 118 valence electrons. The summed E-state index contributed by atoms with van der Waals surface area (Å²) in [7, 11) is 3.33. The van der Waals surface area contributed by atoms with Gasteiger partial charge >= 0.3 is 0 Å². The molecule has 22 heavy (non-hydrogen) atoms. The molecule has 1 aromatic carbocycles. The van der Waals surface area contributed by atoms with Gasteiger partial charge in [-0.3, -0.25) is 0 Å². The van der Waals surface area contributed by atoms with Crippen molar-refractivity contribution in [2.45, 2.75) is 13.1 Å². The summed E-state index contributed by atoms with van der Waals surface area (Å²) in [5.74, 6) is 3.19. The monoisotopic (exact) mass is 302 g/mol. The maximum atomic E-state index is 5.45. The van der Waals surface area contributed by atoms with Crippen LogP contribution in [0.3, 0.4) is 0 Å². The molecule has 1 aromatic heterocycles. The zero-order valence-corrected chi connectivity index (χ0v) is 13.0. The minimum Gasteiger partial charge on any atom is -0.493 e. The fourth-order valence-electron chi connectivity index (χ4n) is 2.83. The van der Waals surface area contributed by atoms with Gasteiger partial charge in [0.1, 0.15) is 5.82 Å². The Hall–Kier alpha value is -2.21. The van der Waals surface area contributed by atoms with Gasteiger partial charge in [-0.05, 0) is 6.07 Å². The lowest BCUT2D eigenvalue weighted by molar-refractivity contribution is 0.348. The third-order valence-electron chi connectivity index (χ3n) is 3.95. The Morgan fingerprint density at radius 2 is 2.23 bits per heavy atom. The zero-order valence-electron chi connectivity index (χ0n) is 13.0. The third-order valence-corrected chi connectivity index (χ3v) is 3.95. The highest BCUT2D eigenvalue weighted by molar-refractivity contribution is 5.46. The number of nitrogens with zero attached hydrogens (tertiary/aromatic N) is 2. The number of rotatable bonds is 6. The minimum absolute atomic E-state index is 0.518. The lowest BCUT2D eigenvalue weighted by atomic mass is 10.1. The highest BCUT2D eigenvalue weighted by Crippen LogP contribution is 2.30. The van der Waals surface area contributed by atoms with Crippen molar-refractivity contribution in [3.63, 3.8) is 0 Å². The fraction of sp³-hybridized carbons (Fsp3) is 0.438. The van der Waals surface area contributed by atoms with Crippen LogP contribution in [-0.4, -0.2) is 37.1 Å². The average molecular weight is 302 g/mol. The van der Waals surface area contributed by atoms with Gasteiger partial charge in [0.25, 0.3) is 0 Å². The largest absolute Gasteiger partial charge is 0.493 e. The Balaban J connectivity index is 1.56. The van der Waals surface area contributed by atoms with Gasteiger partial charge in [-0.25, -0.2) is 4.68 Å². The highest BCUT2D eigenvalue weighted by atomic mass is 16.5. The highest BCUT2D eigenvalue weighted by Gasteiger charge is 2.18. The van der Waals surface area contributed by atoms with Gasteiger partial charge < -0.3 is 20.1 Å². The van der Waals surface area contributed by atoms with E-state index in [0.717, 1.165) is 49.1 Å². The number of methoxy groups -OCH3 is 2. The van der Waals surface area contributed by atoms with Crippen LogP contribution in [0.5, 0.6) is 11.5 Å². The van der Waals surface area contributed by atoms with E-state index in [0.29, 0.717) is 5.92 Å². The second kappa shape index (κ2) is 6.70. The smallest absolute Gasteiger partial charge is 0.165 e. The molecule has 0 fully saturated rings. The van der Waals surface area contributed by atoms with Crippen molar-refractivity contribution in [3.8, 4) is 11.5 Å². The Kier molecular flexibility index (Phi) is 4.48. The van der Waals surface area contributed by atoms with Crippen molar-refractivity contribution in [1.29, 1.82) is 0 Å². The van der Waals surface area contributed by atoms with Gasteiger partial charge in [-0.2, -0.15) is 5.10 Å². The van der Waals surface area contributed by atoms with E-state index in [1.54, 1.807) is 14.2 Å². The van der Waals surface area contributed by atoms with Gasteiger partial charge in [0.15, 0.2) is 11.5 Å². The predicted molar refractivity (Wildman–Crippen MR) is 85.5 cm³/mol. The summed E-state index contributed by atoms with van der Waals surface area (Å²) in [6, 6.07) is 7.95. The van der Waals surface area contributed by atoms with Crippen LogP contribution in [0.25, 0.3) is 0 Å². The zero-order chi connectivity index (χ0) is 15.4. The number of aromatic nitrogens is 2. The molecule has 0 saturated heterocycles. The molecule has 6 heteroatoms. The van der Waals surface area contributed by atoms with Crippen LogP contribution in [0.15, 0.2) is 30.5 Å². The lowest BCUT2D eigenvalue weighted by Gasteiger charge is -2.25. The lowest BCUT2D eigenvalue weighted by Crippen LogP contribution is -2.35. The number of benzene rings is 1. The first-order chi connectivity index (χ1) is 10.8. The Morgan fingerprint density at radius 3 is 3.05 bits per heavy atom. The normalized spacial score (nSPS) is 16.7. The van der Waals surface area contributed by atoms with Crippen LogP contribution in [0.1, 0.15) is 5.56 Å². The molecule has 1 atom stereocenters. The van der Waals surface area contributed by atoms with E-state index < -0.39 is 0 Å². The van der Waals surface area contributed by atoms with Crippen molar-refractivity contribution < 1.29 is 9.47 Å². The summed E-state index contributed by atoms with van der Waals surface area (Å²) >= 11 is 0. The number of hydrogen-bond acceptors (Lipinski definition) is 5. The third kappa shape index (κ3) is 3.01. The fourth-order valence-corrected chi connectivity index (χ4v) is 2.83. The summed E-state index contributed by atoms with van der Waals surface area (Å²) < 4.78 is 12.8. The van der Waals surface area contributed by atoms with E-state index in [1.165, 1.54) is 0 Å². The Morgan fingerprint density at radius 1 is 1.32 bits per heavy atom. The summed E-state index contributed by atoms with van der Waals surface area (Å²) in [5, 5.41) is 11.2. The summed E-state index contributed by atoms with van der Waals surface area (Å²) in [6.07, 6.45) is 1.83. The van der Waals surface area contributed by atoms with Crippen LogP contribution in [0, 0.1) is 5.92 Å². The first-order valence-electron chi connectivity index (χ1n) is 7.48. The molecule has 0 unspecified atom stereocenters. The second-order valence-electron chi connectivity index (χ2n) is 5.43. The van der Waals surface area contributed by atoms with Crippen molar-refractivity contribution in [3.05, 3.63) is 36.0 Å². The van der Waals surface area contributed by atoms with Gasteiger partial charge in [0, 0.05) is 43.7 Å². The minimum atomic E-state index is 0.518. The summed E-state index contributed by atoms with van der Waals surface area (Å²) in [5.41, 5.74) is 1.10. The number of para-hydroxylation sites is 1. The Bertz CT molecular complexity index is 626. The van der Waals surface area contributed by atoms with E-state index in [1.807, 2.05) is 29.1 Å². The molecule has 2 aromatic rings. The molecule has 0 radical (unpaired) electrons. The standard InChI is InChI=1S/C16H22N4O2/c1-21-14-5-3-4-13(16(14)22-2)10-17-8-12-9-18-15-6-7-19-20(15)11-12/h3-7,12,17-18H,8-11H2,1-2H3/t12-/m0/s1. The van der Waals surface area contributed by atoms with Crippen LogP contribution < -0.4 is 20.1 Å². The summed E-state index contributed by atoms with van der Waals surface area (Å²) in [4.78, 5) is 0. The van der Waals surface area contributed by atoms with E-state index in [2.05, 4.69) is 21.8 Å². The SMILES string of the molecule is COc1cccc(CNC[C@H]2CNc3ccnn3C2)c1OC. The van der Waals surface area contributed by atoms with Gasteiger partial charge in [0.05, 0.1) is 20.4 Å². The van der Waals surface area contributed by atoms with Crippen molar-refractivity contribution in [1.82, 2.24) is 15.1 Å². The van der Waals surface area contributed by atoms with Crippen LogP contribution in [0.2, 0.25) is 0 Å². The molecule has 1 aliphatic heterocycles. The van der Waals surface area contributed by atoms with E-state index in [4.69, 9.17) is 9.47 Å².